The molecular weight excluding hydrogens is 210 g/mol. The number of aromatic nitrogens is 2. The summed E-state index contributed by atoms with van der Waals surface area (Å²) in [6.45, 7) is 3.63. The van der Waals surface area contributed by atoms with Gasteiger partial charge in [0.15, 0.2) is 0 Å². The summed E-state index contributed by atoms with van der Waals surface area (Å²) < 4.78 is 2.08. The Labute approximate surface area is 102 Å². The Bertz CT molecular complexity index is 460. The van der Waals surface area contributed by atoms with Gasteiger partial charge in [-0.25, -0.2) is 0 Å². The molecule has 2 aromatic rings. The van der Waals surface area contributed by atoms with Gasteiger partial charge in [-0.15, -0.1) is 0 Å². The normalized spacial score (nSPS) is 10.7. The molecule has 1 heterocycles. The molecule has 0 radical (unpaired) electrons. The van der Waals surface area contributed by atoms with E-state index in [1.807, 2.05) is 13.0 Å². The molecule has 0 unspecified atom stereocenters. The van der Waals surface area contributed by atoms with E-state index in [1.165, 1.54) is 11.3 Å². The van der Waals surface area contributed by atoms with Gasteiger partial charge in [0.25, 0.3) is 0 Å². The van der Waals surface area contributed by atoms with Gasteiger partial charge in [0.05, 0.1) is 5.69 Å². The van der Waals surface area contributed by atoms with Gasteiger partial charge in [-0.3, -0.25) is 4.68 Å². The van der Waals surface area contributed by atoms with Crippen LogP contribution in [-0.4, -0.2) is 16.3 Å². The maximum absolute atomic E-state index is 5.60. The van der Waals surface area contributed by atoms with Crippen LogP contribution in [0, 0.1) is 6.92 Å². The second kappa shape index (κ2) is 5.64. The van der Waals surface area contributed by atoms with Crippen molar-refractivity contribution in [3.8, 4) is 0 Å². The number of hydrogen-bond donors (Lipinski definition) is 1. The summed E-state index contributed by atoms with van der Waals surface area (Å²) in [5, 5.41) is 4.51. The lowest BCUT2D eigenvalue weighted by Gasteiger charge is -2.06. The van der Waals surface area contributed by atoms with Crippen molar-refractivity contribution >= 4 is 0 Å². The van der Waals surface area contributed by atoms with Crippen molar-refractivity contribution in [2.45, 2.75) is 26.3 Å². The third-order valence-electron chi connectivity index (χ3n) is 2.84. The smallest absolute Gasteiger partial charge is 0.0596 e. The molecule has 0 saturated carbocycles. The van der Waals surface area contributed by atoms with Gasteiger partial charge in [0.1, 0.15) is 0 Å². The van der Waals surface area contributed by atoms with Crippen molar-refractivity contribution in [3.05, 3.63) is 53.3 Å². The largest absolute Gasteiger partial charge is 0.330 e. The molecule has 0 atom stereocenters. The Morgan fingerprint density at radius 2 is 1.94 bits per heavy atom. The predicted octanol–water partition coefficient (Wildman–Crippen LogP) is 1.94. The van der Waals surface area contributed by atoms with Gasteiger partial charge in [-0.2, -0.15) is 5.10 Å². The first-order valence-electron chi connectivity index (χ1n) is 6.07. The molecule has 0 aliphatic carbocycles. The average molecular weight is 229 g/mol. The van der Waals surface area contributed by atoms with Crippen LogP contribution < -0.4 is 5.73 Å². The second-order valence-electron chi connectivity index (χ2n) is 4.27. The lowest BCUT2D eigenvalue weighted by atomic mass is 10.1. The van der Waals surface area contributed by atoms with E-state index in [-0.39, 0.29) is 0 Å². The number of rotatable bonds is 5. The monoisotopic (exact) mass is 229 g/mol. The van der Waals surface area contributed by atoms with E-state index in [9.17, 15) is 0 Å². The third kappa shape index (κ3) is 3.17. The number of benzene rings is 1. The first-order valence-corrected chi connectivity index (χ1v) is 6.07. The number of aryl methyl sites for hydroxylation is 3. The van der Waals surface area contributed by atoms with E-state index < -0.39 is 0 Å². The van der Waals surface area contributed by atoms with Gasteiger partial charge in [-0.05, 0) is 31.5 Å². The molecule has 0 saturated heterocycles. The fraction of sp³-hybridized carbons (Fsp3) is 0.357. The van der Waals surface area contributed by atoms with Crippen molar-refractivity contribution in [2.24, 2.45) is 5.73 Å². The first-order chi connectivity index (χ1) is 8.29. The van der Waals surface area contributed by atoms with Crippen molar-refractivity contribution < 1.29 is 0 Å². The fourth-order valence-electron chi connectivity index (χ4n) is 2.02. The van der Waals surface area contributed by atoms with Crippen LogP contribution in [0.1, 0.15) is 17.0 Å². The molecular formula is C14H19N3. The van der Waals surface area contributed by atoms with Gasteiger partial charge >= 0.3 is 0 Å². The van der Waals surface area contributed by atoms with Crippen molar-refractivity contribution in [1.29, 1.82) is 0 Å². The molecule has 1 aromatic carbocycles. The molecule has 3 heteroatoms. The van der Waals surface area contributed by atoms with E-state index in [4.69, 9.17) is 5.73 Å². The van der Waals surface area contributed by atoms with Crippen LogP contribution in [0.4, 0.5) is 0 Å². The Balaban J connectivity index is 2.03. The van der Waals surface area contributed by atoms with E-state index >= 15 is 0 Å². The molecule has 17 heavy (non-hydrogen) atoms. The van der Waals surface area contributed by atoms with Crippen LogP contribution in [0.3, 0.4) is 0 Å². The van der Waals surface area contributed by atoms with Crippen molar-refractivity contribution in [2.75, 3.05) is 6.54 Å². The predicted molar refractivity (Wildman–Crippen MR) is 69.9 cm³/mol. The van der Waals surface area contributed by atoms with Gasteiger partial charge in [-0.1, -0.05) is 30.3 Å². The van der Waals surface area contributed by atoms with Gasteiger partial charge < -0.3 is 5.73 Å². The lowest BCUT2D eigenvalue weighted by Crippen LogP contribution is -2.11. The quantitative estimate of drug-likeness (QED) is 0.851. The third-order valence-corrected chi connectivity index (χ3v) is 2.84. The van der Waals surface area contributed by atoms with Crippen molar-refractivity contribution in [1.82, 2.24) is 9.78 Å². The highest BCUT2D eigenvalue weighted by molar-refractivity contribution is 5.15. The average Bonchev–Trinajstić information content (AvgIpc) is 2.69. The molecule has 0 bridgehead atoms. The summed E-state index contributed by atoms with van der Waals surface area (Å²) in [7, 11) is 0. The fourth-order valence-corrected chi connectivity index (χ4v) is 2.02. The molecule has 0 aliphatic rings. The molecule has 0 spiro atoms. The Morgan fingerprint density at radius 3 is 2.65 bits per heavy atom. The molecule has 90 valence electrons. The van der Waals surface area contributed by atoms with Crippen molar-refractivity contribution in [3.63, 3.8) is 0 Å². The summed E-state index contributed by atoms with van der Waals surface area (Å²) in [6, 6.07) is 12.6. The Hall–Kier alpha value is -1.61. The molecule has 2 N–H and O–H groups in total. The second-order valence-corrected chi connectivity index (χ2v) is 4.27. The molecule has 0 fully saturated rings. The number of hydrogen-bond acceptors (Lipinski definition) is 2. The zero-order valence-electron chi connectivity index (χ0n) is 10.3. The summed E-state index contributed by atoms with van der Waals surface area (Å²) in [4.78, 5) is 0. The maximum Gasteiger partial charge on any atom is 0.0596 e. The van der Waals surface area contributed by atoms with Crippen LogP contribution in [0.15, 0.2) is 36.4 Å². The summed E-state index contributed by atoms with van der Waals surface area (Å²) in [6.07, 6.45) is 1.91. The molecule has 0 aliphatic heterocycles. The van der Waals surface area contributed by atoms with E-state index in [1.54, 1.807) is 0 Å². The van der Waals surface area contributed by atoms with E-state index in [0.29, 0.717) is 6.54 Å². The molecule has 2 rings (SSSR count). The summed E-state index contributed by atoms with van der Waals surface area (Å²) in [5.74, 6) is 0. The van der Waals surface area contributed by atoms with E-state index in [2.05, 4.69) is 40.1 Å². The van der Waals surface area contributed by atoms with E-state index in [0.717, 1.165) is 25.1 Å². The Kier molecular flexibility index (Phi) is 3.94. The summed E-state index contributed by atoms with van der Waals surface area (Å²) >= 11 is 0. The highest BCUT2D eigenvalue weighted by atomic mass is 15.3. The number of nitrogens with zero attached hydrogens (tertiary/aromatic N) is 2. The molecule has 3 nitrogen and oxygen atoms in total. The highest BCUT2D eigenvalue weighted by Gasteiger charge is 2.04. The first kappa shape index (κ1) is 11.9. The SMILES string of the molecule is Cc1cc(CCN)n(CCc2ccccc2)n1. The summed E-state index contributed by atoms with van der Waals surface area (Å²) in [5.41, 5.74) is 9.26. The standard InChI is InChI=1S/C14H19N3/c1-12-11-14(7-9-15)17(16-12)10-8-13-5-3-2-4-6-13/h2-6,11H,7-10,15H2,1H3. The zero-order valence-corrected chi connectivity index (χ0v) is 10.3. The number of nitrogens with two attached hydrogens (primary N) is 1. The van der Waals surface area contributed by atoms with Crippen LogP contribution in [-0.2, 0) is 19.4 Å². The minimum atomic E-state index is 0.677. The Morgan fingerprint density at radius 1 is 1.18 bits per heavy atom. The molecule has 1 aromatic heterocycles. The molecule has 0 amide bonds. The highest BCUT2D eigenvalue weighted by Crippen LogP contribution is 2.07. The van der Waals surface area contributed by atoms with Crippen LogP contribution >= 0.6 is 0 Å². The van der Waals surface area contributed by atoms with Crippen LogP contribution in [0.2, 0.25) is 0 Å². The topological polar surface area (TPSA) is 43.8 Å². The lowest BCUT2D eigenvalue weighted by molar-refractivity contribution is 0.580. The van der Waals surface area contributed by atoms with Crippen LogP contribution in [0.25, 0.3) is 0 Å². The zero-order chi connectivity index (χ0) is 12.1. The van der Waals surface area contributed by atoms with Crippen LogP contribution in [0.5, 0.6) is 0 Å². The minimum absolute atomic E-state index is 0.677. The van der Waals surface area contributed by atoms with Gasteiger partial charge in [0, 0.05) is 18.7 Å². The van der Waals surface area contributed by atoms with Gasteiger partial charge in [0.2, 0.25) is 0 Å². The minimum Gasteiger partial charge on any atom is -0.330 e. The maximum atomic E-state index is 5.60.